The van der Waals surface area contributed by atoms with Crippen LogP contribution in [0.1, 0.15) is 43.9 Å². The van der Waals surface area contributed by atoms with E-state index < -0.39 is 10.4 Å². The van der Waals surface area contributed by atoms with E-state index in [1.54, 1.807) is 17.0 Å². The van der Waals surface area contributed by atoms with Gasteiger partial charge in [-0.25, -0.2) is 4.39 Å². The van der Waals surface area contributed by atoms with Crippen LogP contribution >= 0.6 is 11.8 Å². The molecule has 0 aliphatic carbocycles. The molecule has 172 valence electrons. The van der Waals surface area contributed by atoms with Crippen molar-refractivity contribution >= 4 is 35.0 Å². The quantitative estimate of drug-likeness (QED) is 0.488. The molecule has 0 saturated carbocycles. The van der Waals surface area contributed by atoms with Gasteiger partial charge in [-0.15, -0.1) is 11.8 Å². The van der Waals surface area contributed by atoms with Gasteiger partial charge in [-0.05, 0) is 55.7 Å². The zero-order chi connectivity index (χ0) is 23.9. The Balaban J connectivity index is 1.63. The van der Waals surface area contributed by atoms with E-state index in [1.807, 2.05) is 23.1 Å². The molecule has 0 unspecified atom stereocenters. The van der Waals surface area contributed by atoms with Gasteiger partial charge in [-0.1, -0.05) is 55.5 Å². The fourth-order valence-corrected chi connectivity index (χ4v) is 7.63. The standard InChI is InChI=1S/C28H25FN2O2S/c1-26(2)17-27(3,18-8-5-4-6-9-18)21-10-7-11-22-24(21)31(26)25(33)28(22)30(23(32)16-34-28)20-14-12-19(29)13-15-20/h4-15H,16-17H2,1-3H3/t27-,28+/m0/s1. The number of rotatable bonds is 2. The summed E-state index contributed by atoms with van der Waals surface area (Å²) in [5.41, 5.74) is 3.80. The number of hydrogen-bond donors (Lipinski definition) is 0. The molecule has 3 aliphatic heterocycles. The summed E-state index contributed by atoms with van der Waals surface area (Å²) in [4.78, 5) is 29.9. The van der Waals surface area contributed by atoms with Gasteiger partial charge in [0.1, 0.15) is 5.82 Å². The SMILES string of the molecule is CC1(C)C[C@@](C)(c2ccccc2)c2cccc3c2N1C(=O)[C@]31SCC(=O)N1c1ccc(F)cc1. The number of amides is 2. The molecule has 2 atom stereocenters. The van der Waals surface area contributed by atoms with E-state index in [2.05, 4.69) is 51.1 Å². The molecule has 0 bridgehead atoms. The van der Waals surface area contributed by atoms with Crippen LogP contribution in [0.15, 0.2) is 72.8 Å². The number of nitrogens with zero attached hydrogens (tertiary/aromatic N) is 2. The second-order valence-corrected chi connectivity index (χ2v) is 11.3. The van der Waals surface area contributed by atoms with Crippen LogP contribution in [0.3, 0.4) is 0 Å². The highest BCUT2D eigenvalue weighted by molar-refractivity contribution is 8.02. The zero-order valence-electron chi connectivity index (χ0n) is 19.3. The Morgan fingerprint density at radius 2 is 1.50 bits per heavy atom. The van der Waals surface area contributed by atoms with E-state index in [-0.39, 0.29) is 28.8 Å². The molecule has 3 aromatic carbocycles. The number of fused-ring (bicyclic) bond motifs is 1. The maximum Gasteiger partial charge on any atom is 0.269 e. The van der Waals surface area contributed by atoms with E-state index >= 15 is 0 Å². The largest absolute Gasteiger partial charge is 0.303 e. The molecule has 6 heteroatoms. The van der Waals surface area contributed by atoms with Gasteiger partial charge in [-0.2, -0.15) is 0 Å². The summed E-state index contributed by atoms with van der Waals surface area (Å²) in [7, 11) is 0. The van der Waals surface area contributed by atoms with Crippen molar-refractivity contribution in [3.8, 4) is 0 Å². The first-order valence-electron chi connectivity index (χ1n) is 11.5. The van der Waals surface area contributed by atoms with Crippen molar-refractivity contribution in [3.05, 3.63) is 95.3 Å². The maximum atomic E-state index is 14.4. The topological polar surface area (TPSA) is 40.6 Å². The molecule has 3 heterocycles. The van der Waals surface area contributed by atoms with Crippen LogP contribution in [-0.2, 0) is 19.9 Å². The van der Waals surface area contributed by atoms with Gasteiger partial charge in [0, 0.05) is 22.2 Å². The lowest BCUT2D eigenvalue weighted by Crippen LogP contribution is -2.58. The third-order valence-corrected chi connectivity index (χ3v) is 8.95. The Bertz CT molecular complexity index is 1340. The summed E-state index contributed by atoms with van der Waals surface area (Å²) in [6, 6.07) is 22.3. The Labute approximate surface area is 202 Å². The Morgan fingerprint density at radius 1 is 0.824 bits per heavy atom. The van der Waals surface area contributed by atoms with E-state index in [4.69, 9.17) is 0 Å². The minimum Gasteiger partial charge on any atom is -0.303 e. The molecule has 1 saturated heterocycles. The van der Waals surface area contributed by atoms with Crippen LogP contribution in [0.2, 0.25) is 0 Å². The first-order chi connectivity index (χ1) is 16.2. The molecule has 34 heavy (non-hydrogen) atoms. The average Bonchev–Trinajstić information content (AvgIpc) is 3.29. The van der Waals surface area contributed by atoms with Gasteiger partial charge in [0.15, 0.2) is 0 Å². The fourth-order valence-electron chi connectivity index (χ4n) is 6.29. The minimum absolute atomic E-state index is 0.102. The Kier molecular flexibility index (Phi) is 4.38. The summed E-state index contributed by atoms with van der Waals surface area (Å²) < 4.78 is 13.7. The molecule has 6 rings (SSSR count). The maximum absolute atomic E-state index is 14.4. The van der Waals surface area contributed by atoms with E-state index in [0.717, 1.165) is 23.2 Å². The normalized spacial score (nSPS) is 26.9. The fraction of sp³-hybridized carbons (Fsp3) is 0.286. The summed E-state index contributed by atoms with van der Waals surface area (Å²) in [6.07, 6.45) is 0.747. The smallest absolute Gasteiger partial charge is 0.269 e. The number of carbonyl (C=O) groups excluding carboxylic acids is 2. The first kappa shape index (κ1) is 21.4. The number of thioether (sulfide) groups is 1. The third-order valence-electron chi connectivity index (χ3n) is 7.57. The first-order valence-corrected chi connectivity index (χ1v) is 12.5. The third kappa shape index (κ3) is 2.60. The lowest BCUT2D eigenvalue weighted by atomic mass is 9.65. The molecular weight excluding hydrogens is 447 g/mol. The number of para-hydroxylation sites is 1. The molecule has 1 spiro atoms. The molecule has 2 amide bonds. The molecular formula is C28H25FN2O2S. The summed E-state index contributed by atoms with van der Waals surface area (Å²) in [5.74, 6) is -0.435. The van der Waals surface area contributed by atoms with Gasteiger partial charge in [0.25, 0.3) is 5.91 Å². The van der Waals surface area contributed by atoms with Crippen LogP contribution in [0.4, 0.5) is 15.8 Å². The molecule has 3 aromatic rings. The van der Waals surface area contributed by atoms with Crippen molar-refractivity contribution in [1.29, 1.82) is 0 Å². The number of carbonyl (C=O) groups is 2. The molecule has 1 fully saturated rings. The molecule has 4 nitrogen and oxygen atoms in total. The van der Waals surface area contributed by atoms with E-state index in [0.29, 0.717) is 5.69 Å². The van der Waals surface area contributed by atoms with Crippen molar-refractivity contribution in [3.63, 3.8) is 0 Å². The van der Waals surface area contributed by atoms with Crippen LogP contribution in [0.5, 0.6) is 0 Å². The second-order valence-electron chi connectivity index (χ2n) is 10.2. The van der Waals surface area contributed by atoms with E-state index in [1.165, 1.54) is 29.5 Å². The Morgan fingerprint density at radius 3 is 2.21 bits per heavy atom. The Hall–Kier alpha value is -3.12. The lowest BCUT2D eigenvalue weighted by molar-refractivity contribution is -0.124. The van der Waals surface area contributed by atoms with Crippen LogP contribution in [0, 0.1) is 5.82 Å². The molecule has 0 N–H and O–H groups in total. The van der Waals surface area contributed by atoms with Crippen LogP contribution in [-0.4, -0.2) is 23.1 Å². The van der Waals surface area contributed by atoms with Crippen molar-refractivity contribution in [1.82, 2.24) is 0 Å². The predicted octanol–water partition coefficient (Wildman–Crippen LogP) is 5.59. The molecule has 3 aliphatic rings. The van der Waals surface area contributed by atoms with Crippen LogP contribution < -0.4 is 9.80 Å². The molecule has 0 aromatic heterocycles. The molecule has 0 radical (unpaired) electrons. The number of halogens is 1. The van der Waals surface area contributed by atoms with Gasteiger partial charge < -0.3 is 4.90 Å². The lowest BCUT2D eigenvalue weighted by Gasteiger charge is -2.50. The summed E-state index contributed by atoms with van der Waals surface area (Å²) in [6.45, 7) is 6.46. The van der Waals surface area contributed by atoms with Crippen molar-refractivity contribution < 1.29 is 14.0 Å². The summed E-state index contributed by atoms with van der Waals surface area (Å²) >= 11 is 1.36. The van der Waals surface area contributed by atoms with Crippen molar-refractivity contribution in [2.75, 3.05) is 15.6 Å². The summed E-state index contributed by atoms with van der Waals surface area (Å²) in [5, 5.41) is 0. The van der Waals surface area contributed by atoms with Crippen LogP contribution in [0.25, 0.3) is 0 Å². The van der Waals surface area contributed by atoms with Gasteiger partial charge in [-0.3, -0.25) is 14.5 Å². The van der Waals surface area contributed by atoms with Crippen molar-refractivity contribution in [2.45, 2.75) is 43.0 Å². The second kappa shape index (κ2) is 6.95. The van der Waals surface area contributed by atoms with Crippen molar-refractivity contribution in [2.24, 2.45) is 0 Å². The minimum atomic E-state index is -1.19. The number of hydrogen-bond acceptors (Lipinski definition) is 3. The number of anilines is 2. The zero-order valence-corrected chi connectivity index (χ0v) is 20.2. The monoisotopic (exact) mass is 472 g/mol. The van der Waals surface area contributed by atoms with Gasteiger partial charge >= 0.3 is 0 Å². The highest BCUT2D eigenvalue weighted by Gasteiger charge is 2.65. The van der Waals surface area contributed by atoms with Gasteiger partial charge in [0.2, 0.25) is 10.8 Å². The average molecular weight is 473 g/mol. The highest BCUT2D eigenvalue weighted by atomic mass is 32.2. The predicted molar refractivity (Wildman–Crippen MR) is 134 cm³/mol. The highest BCUT2D eigenvalue weighted by Crippen LogP contribution is 2.62. The van der Waals surface area contributed by atoms with Gasteiger partial charge in [0.05, 0.1) is 11.4 Å². The van der Waals surface area contributed by atoms with E-state index in [9.17, 15) is 14.0 Å². The number of benzene rings is 3.